The van der Waals surface area contributed by atoms with Gasteiger partial charge in [0.2, 0.25) is 10.0 Å². The Bertz CT molecular complexity index is 891. The van der Waals surface area contributed by atoms with E-state index in [1.165, 1.54) is 10.5 Å². The number of carboxylic acids is 1. The van der Waals surface area contributed by atoms with Gasteiger partial charge in [-0.3, -0.25) is 4.68 Å². The summed E-state index contributed by atoms with van der Waals surface area (Å²) < 4.78 is 29.0. The average molecular weight is 377 g/mol. The number of aromatic carboxylic acids is 1. The topological polar surface area (TPSA) is 92.5 Å². The van der Waals surface area contributed by atoms with Crippen LogP contribution in [0.3, 0.4) is 0 Å². The van der Waals surface area contributed by atoms with Crippen molar-refractivity contribution in [2.45, 2.75) is 43.5 Å². The highest BCUT2D eigenvalue weighted by molar-refractivity contribution is 7.89. The maximum absolute atomic E-state index is 12.9. The summed E-state index contributed by atoms with van der Waals surface area (Å²) in [5, 5.41) is 13.3. The lowest BCUT2D eigenvalue weighted by atomic mass is 9.91. The molecule has 0 aliphatic carbocycles. The molecule has 1 fully saturated rings. The Balaban J connectivity index is 1.81. The molecule has 26 heavy (non-hydrogen) atoms. The van der Waals surface area contributed by atoms with Gasteiger partial charge in [0.05, 0.1) is 11.8 Å². The fourth-order valence-corrected chi connectivity index (χ4v) is 4.82. The van der Waals surface area contributed by atoms with Crippen molar-refractivity contribution in [3.63, 3.8) is 0 Å². The highest BCUT2D eigenvalue weighted by Crippen LogP contribution is 2.30. The first kappa shape index (κ1) is 18.6. The number of nitrogens with zero attached hydrogens (tertiary/aromatic N) is 3. The Morgan fingerprint density at radius 2 is 2.19 bits per heavy atom. The van der Waals surface area contributed by atoms with Gasteiger partial charge in [-0.2, -0.15) is 9.40 Å². The molecule has 2 aromatic rings. The summed E-state index contributed by atoms with van der Waals surface area (Å²) in [4.78, 5) is 11.4. The fraction of sp³-hybridized carbons (Fsp3) is 0.444. The van der Waals surface area contributed by atoms with Crippen LogP contribution >= 0.6 is 0 Å². The van der Waals surface area contributed by atoms with Crippen molar-refractivity contribution in [3.8, 4) is 0 Å². The molecule has 1 aromatic heterocycles. The first-order valence-corrected chi connectivity index (χ1v) is 10.2. The Morgan fingerprint density at radius 1 is 1.38 bits per heavy atom. The number of aryl methyl sites for hydroxylation is 1. The molecule has 1 aliphatic rings. The zero-order valence-corrected chi connectivity index (χ0v) is 15.5. The predicted molar refractivity (Wildman–Crippen MR) is 96.7 cm³/mol. The molecule has 0 spiro atoms. The average Bonchev–Trinajstić information content (AvgIpc) is 3.12. The molecule has 3 rings (SSSR count). The fourth-order valence-electron chi connectivity index (χ4n) is 3.34. The van der Waals surface area contributed by atoms with Crippen LogP contribution in [0.4, 0.5) is 0 Å². The summed E-state index contributed by atoms with van der Waals surface area (Å²) in [6, 6.07) is 6.77. The van der Waals surface area contributed by atoms with Gasteiger partial charge in [0.1, 0.15) is 4.90 Å². The van der Waals surface area contributed by atoms with E-state index in [9.17, 15) is 13.2 Å². The van der Waals surface area contributed by atoms with Gasteiger partial charge < -0.3 is 5.11 Å². The molecule has 0 unspecified atom stereocenters. The van der Waals surface area contributed by atoms with E-state index in [-0.39, 0.29) is 16.4 Å². The Labute approximate surface area is 153 Å². The SMILES string of the molecule is CCCn1cc(S(=O)(=O)N2CCC[C@H](c3cccc(C(=O)O)c3)C2)cn1. The number of sulfonamides is 1. The molecule has 0 radical (unpaired) electrons. The predicted octanol–water partition coefficient (Wildman–Crippen LogP) is 2.56. The number of hydrogen-bond acceptors (Lipinski definition) is 4. The van der Waals surface area contributed by atoms with E-state index in [0.717, 1.165) is 24.8 Å². The molecular formula is C18H23N3O4S. The van der Waals surface area contributed by atoms with Crippen molar-refractivity contribution < 1.29 is 18.3 Å². The maximum atomic E-state index is 12.9. The Kier molecular flexibility index (Phi) is 5.43. The molecule has 1 aromatic carbocycles. The lowest BCUT2D eigenvalue weighted by Crippen LogP contribution is -2.39. The summed E-state index contributed by atoms with van der Waals surface area (Å²) in [5.74, 6) is -0.987. The van der Waals surface area contributed by atoms with Crippen LogP contribution in [0.1, 0.15) is 48.0 Å². The summed E-state index contributed by atoms with van der Waals surface area (Å²) in [5.41, 5.74) is 1.09. The second-order valence-electron chi connectivity index (χ2n) is 6.57. The second-order valence-corrected chi connectivity index (χ2v) is 8.51. The zero-order valence-electron chi connectivity index (χ0n) is 14.7. The van der Waals surface area contributed by atoms with Crippen LogP contribution in [-0.2, 0) is 16.6 Å². The van der Waals surface area contributed by atoms with Crippen LogP contribution in [0.25, 0.3) is 0 Å². The van der Waals surface area contributed by atoms with Gasteiger partial charge in [-0.15, -0.1) is 0 Å². The minimum absolute atomic E-state index is 0.0106. The van der Waals surface area contributed by atoms with Gasteiger partial charge in [-0.25, -0.2) is 13.2 Å². The van der Waals surface area contributed by atoms with E-state index in [4.69, 9.17) is 5.11 Å². The second kappa shape index (κ2) is 7.59. The summed E-state index contributed by atoms with van der Waals surface area (Å²) >= 11 is 0. The van der Waals surface area contributed by atoms with E-state index in [1.54, 1.807) is 29.1 Å². The number of hydrogen-bond donors (Lipinski definition) is 1. The van der Waals surface area contributed by atoms with E-state index in [1.807, 2.05) is 13.0 Å². The number of rotatable bonds is 6. The third-order valence-electron chi connectivity index (χ3n) is 4.69. The van der Waals surface area contributed by atoms with Crippen molar-refractivity contribution in [1.29, 1.82) is 0 Å². The van der Waals surface area contributed by atoms with Gasteiger partial charge in [0.25, 0.3) is 0 Å². The molecule has 7 nitrogen and oxygen atoms in total. The van der Waals surface area contributed by atoms with E-state index < -0.39 is 16.0 Å². The largest absolute Gasteiger partial charge is 0.478 e. The number of carboxylic acid groups (broad SMARTS) is 1. The lowest BCUT2D eigenvalue weighted by molar-refractivity contribution is 0.0696. The standard InChI is InChI=1S/C18H23N3O4S/c1-2-8-20-13-17(11-19-20)26(24,25)21-9-4-7-16(12-21)14-5-3-6-15(10-14)18(22)23/h3,5-6,10-11,13,16H,2,4,7-9,12H2,1H3,(H,22,23)/t16-/m0/s1. The van der Waals surface area contributed by atoms with Crippen LogP contribution in [0.15, 0.2) is 41.6 Å². The number of aromatic nitrogens is 2. The minimum Gasteiger partial charge on any atom is -0.478 e. The van der Waals surface area contributed by atoms with Crippen LogP contribution < -0.4 is 0 Å². The Hall–Kier alpha value is -2.19. The molecule has 0 amide bonds. The van der Waals surface area contributed by atoms with Gasteiger partial charge in [0, 0.05) is 25.8 Å². The van der Waals surface area contributed by atoms with E-state index in [2.05, 4.69) is 5.10 Å². The molecule has 0 bridgehead atoms. The van der Waals surface area contributed by atoms with Crippen molar-refractivity contribution >= 4 is 16.0 Å². The minimum atomic E-state index is -3.59. The molecule has 1 aliphatic heterocycles. The molecule has 8 heteroatoms. The monoisotopic (exact) mass is 377 g/mol. The van der Waals surface area contributed by atoms with Crippen LogP contribution in [0, 0.1) is 0 Å². The molecule has 1 N–H and O–H groups in total. The maximum Gasteiger partial charge on any atom is 0.335 e. The lowest BCUT2D eigenvalue weighted by Gasteiger charge is -2.32. The van der Waals surface area contributed by atoms with Crippen molar-refractivity contribution in [2.24, 2.45) is 0 Å². The molecular weight excluding hydrogens is 354 g/mol. The normalized spacial score (nSPS) is 18.7. The van der Waals surface area contributed by atoms with Crippen LogP contribution in [0.5, 0.6) is 0 Å². The first-order valence-electron chi connectivity index (χ1n) is 8.77. The van der Waals surface area contributed by atoms with E-state index >= 15 is 0 Å². The van der Waals surface area contributed by atoms with Crippen molar-refractivity contribution in [2.75, 3.05) is 13.1 Å². The van der Waals surface area contributed by atoms with Gasteiger partial charge in [-0.1, -0.05) is 19.1 Å². The summed E-state index contributed by atoms with van der Waals surface area (Å²) in [6.45, 7) is 3.51. The number of piperidine rings is 1. The number of benzene rings is 1. The van der Waals surface area contributed by atoms with Gasteiger partial charge >= 0.3 is 5.97 Å². The van der Waals surface area contributed by atoms with Gasteiger partial charge in [-0.05, 0) is 42.9 Å². The van der Waals surface area contributed by atoms with Gasteiger partial charge in [0.15, 0.2) is 0 Å². The number of carbonyl (C=O) groups is 1. The summed E-state index contributed by atoms with van der Waals surface area (Å²) in [7, 11) is -3.59. The van der Waals surface area contributed by atoms with Crippen molar-refractivity contribution in [1.82, 2.24) is 14.1 Å². The smallest absolute Gasteiger partial charge is 0.335 e. The molecule has 140 valence electrons. The highest BCUT2D eigenvalue weighted by atomic mass is 32.2. The van der Waals surface area contributed by atoms with E-state index in [0.29, 0.717) is 19.6 Å². The zero-order chi connectivity index (χ0) is 18.7. The highest BCUT2D eigenvalue weighted by Gasteiger charge is 2.32. The Morgan fingerprint density at radius 3 is 2.92 bits per heavy atom. The molecule has 2 heterocycles. The van der Waals surface area contributed by atoms with Crippen LogP contribution in [-0.4, -0.2) is 46.7 Å². The van der Waals surface area contributed by atoms with Crippen LogP contribution in [0.2, 0.25) is 0 Å². The molecule has 1 atom stereocenters. The quantitative estimate of drug-likeness (QED) is 0.835. The first-order chi connectivity index (χ1) is 12.4. The third kappa shape index (κ3) is 3.81. The van der Waals surface area contributed by atoms with Crippen molar-refractivity contribution in [3.05, 3.63) is 47.8 Å². The summed E-state index contributed by atoms with van der Waals surface area (Å²) in [6.07, 6.45) is 5.44. The molecule has 0 saturated carbocycles. The third-order valence-corrected chi connectivity index (χ3v) is 6.51. The molecule has 1 saturated heterocycles.